The number of nitrogens with zero attached hydrogens (tertiary/aromatic N) is 1. The molecule has 2 aromatic rings. The Bertz CT molecular complexity index is 581. The summed E-state index contributed by atoms with van der Waals surface area (Å²) in [6.45, 7) is 0. The number of H-pyrrole nitrogens is 1. The molecular formula is C11H10F3N3. The third-order valence-corrected chi connectivity index (χ3v) is 3.25. The fourth-order valence-corrected chi connectivity index (χ4v) is 2.03. The van der Waals surface area contributed by atoms with Gasteiger partial charge in [0.15, 0.2) is 0 Å². The Morgan fingerprint density at radius 3 is 2.59 bits per heavy atom. The predicted molar refractivity (Wildman–Crippen MR) is 57.5 cm³/mol. The van der Waals surface area contributed by atoms with E-state index < -0.39 is 11.6 Å². The van der Waals surface area contributed by atoms with Crippen molar-refractivity contribution in [2.75, 3.05) is 5.73 Å². The first-order valence-electron chi connectivity index (χ1n) is 5.25. The van der Waals surface area contributed by atoms with Gasteiger partial charge in [0.2, 0.25) is 0 Å². The van der Waals surface area contributed by atoms with Crippen molar-refractivity contribution in [3.05, 3.63) is 24.0 Å². The molecule has 1 saturated carbocycles. The Balaban J connectivity index is 2.13. The number of halogens is 3. The van der Waals surface area contributed by atoms with Crippen molar-refractivity contribution in [2.24, 2.45) is 0 Å². The SMILES string of the molecule is Nc1ccc2nc(C3(C(F)(F)F)CC3)[nH]c2c1. The third-order valence-electron chi connectivity index (χ3n) is 3.25. The highest BCUT2D eigenvalue weighted by molar-refractivity contribution is 5.79. The molecule has 17 heavy (non-hydrogen) atoms. The van der Waals surface area contributed by atoms with Crippen LogP contribution in [0.3, 0.4) is 0 Å². The number of aromatic amines is 1. The van der Waals surface area contributed by atoms with E-state index in [-0.39, 0.29) is 18.7 Å². The van der Waals surface area contributed by atoms with Gasteiger partial charge in [-0.15, -0.1) is 0 Å². The summed E-state index contributed by atoms with van der Waals surface area (Å²) in [5.41, 5.74) is 5.38. The molecule has 0 amide bonds. The summed E-state index contributed by atoms with van der Waals surface area (Å²) in [6, 6.07) is 4.84. The molecule has 0 spiro atoms. The molecule has 1 aromatic heterocycles. The Kier molecular flexibility index (Phi) is 1.80. The minimum absolute atomic E-state index is 0.00519. The predicted octanol–water partition coefficient (Wildman–Crippen LogP) is 2.74. The standard InChI is InChI=1S/C11H10F3N3/c12-11(13,14)10(3-4-10)9-16-7-2-1-6(15)5-8(7)17-9/h1-2,5H,3-4,15H2,(H,16,17). The fourth-order valence-electron chi connectivity index (χ4n) is 2.03. The topological polar surface area (TPSA) is 54.7 Å². The number of aromatic nitrogens is 2. The van der Waals surface area contributed by atoms with Gasteiger partial charge in [-0.1, -0.05) is 0 Å². The van der Waals surface area contributed by atoms with Crippen LogP contribution in [-0.4, -0.2) is 16.1 Å². The molecule has 6 heteroatoms. The molecule has 0 bridgehead atoms. The van der Waals surface area contributed by atoms with Crippen LogP contribution >= 0.6 is 0 Å². The maximum absolute atomic E-state index is 12.9. The van der Waals surface area contributed by atoms with Gasteiger partial charge < -0.3 is 10.7 Å². The van der Waals surface area contributed by atoms with Crippen molar-refractivity contribution < 1.29 is 13.2 Å². The summed E-state index contributed by atoms with van der Waals surface area (Å²) >= 11 is 0. The van der Waals surface area contributed by atoms with Crippen LogP contribution in [0.2, 0.25) is 0 Å². The van der Waals surface area contributed by atoms with Crippen LogP contribution in [0.4, 0.5) is 18.9 Å². The van der Waals surface area contributed by atoms with Crippen molar-refractivity contribution in [1.29, 1.82) is 0 Å². The number of imidazole rings is 1. The molecule has 0 atom stereocenters. The number of fused-ring (bicyclic) bond motifs is 1. The lowest BCUT2D eigenvalue weighted by Crippen LogP contribution is -2.29. The van der Waals surface area contributed by atoms with Gasteiger partial charge >= 0.3 is 6.18 Å². The largest absolute Gasteiger partial charge is 0.401 e. The van der Waals surface area contributed by atoms with Crippen molar-refractivity contribution in [1.82, 2.24) is 9.97 Å². The molecule has 1 aliphatic rings. The molecule has 90 valence electrons. The lowest BCUT2D eigenvalue weighted by Gasteiger charge is -2.16. The van der Waals surface area contributed by atoms with E-state index in [0.717, 1.165) is 0 Å². The van der Waals surface area contributed by atoms with E-state index in [1.165, 1.54) is 0 Å². The van der Waals surface area contributed by atoms with E-state index in [1.807, 2.05) is 0 Å². The van der Waals surface area contributed by atoms with E-state index in [2.05, 4.69) is 9.97 Å². The summed E-state index contributed by atoms with van der Waals surface area (Å²) in [4.78, 5) is 6.76. The molecule has 1 fully saturated rings. The number of nitrogens with one attached hydrogen (secondary N) is 1. The summed E-state index contributed by atoms with van der Waals surface area (Å²) < 4.78 is 38.7. The summed E-state index contributed by atoms with van der Waals surface area (Å²) in [7, 11) is 0. The molecule has 1 heterocycles. The molecule has 1 aliphatic carbocycles. The van der Waals surface area contributed by atoms with Crippen LogP contribution < -0.4 is 5.73 Å². The molecule has 1 aromatic carbocycles. The molecular weight excluding hydrogens is 231 g/mol. The van der Waals surface area contributed by atoms with Gasteiger partial charge in [0.25, 0.3) is 0 Å². The average Bonchev–Trinajstić information content (AvgIpc) is 2.94. The maximum atomic E-state index is 12.9. The zero-order valence-corrected chi connectivity index (χ0v) is 8.80. The van der Waals surface area contributed by atoms with Crippen LogP contribution in [-0.2, 0) is 5.41 Å². The van der Waals surface area contributed by atoms with Crippen LogP contribution in [0.5, 0.6) is 0 Å². The minimum atomic E-state index is -4.24. The second-order valence-electron chi connectivity index (χ2n) is 4.44. The second-order valence-corrected chi connectivity index (χ2v) is 4.44. The minimum Gasteiger partial charge on any atom is -0.399 e. The quantitative estimate of drug-likeness (QED) is 0.754. The number of nitrogens with two attached hydrogens (primary N) is 1. The normalized spacial score (nSPS) is 18.5. The Hall–Kier alpha value is -1.72. The first-order valence-corrected chi connectivity index (χ1v) is 5.25. The monoisotopic (exact) mass is 241 g/mol. The summed E-state index contributed by atoms with van der Waals surface area (Å²) in [5.74, 6) is 0.00519. The second kappa shape index (κ2) is 2.94. The van der Waals surface area contributed by atoms with Crippen LogP contribution in [0.15, 0.2) is 18.2 Å². The van der Waals surface area contributed by atoms with Crippen LogP contribution in [0.1, 0.15) is 18.7 Å². The lowest BCUT2D eigenvalue weighted by molar-refractivity contribution is -0.162. The lowest BCUT2D eigenvalue weighted by atomic mass is 10.1. The summed E-state index contributed by atoms with van der Waals surface area (Å²) in [6.07, 6.45) is -4.04. The van der Waals surface area contributed by atoms with Gasteiger partial charge in [0.1, 0.15) is 11.2 Å². The van der Waals surface area contributed by atoms with Crippen LogP contribution in [0.25, 0.3) is 11.0 Å². The highest BCUT2D eigenvalue weighted by Crippen LogP contribution is 2.58. The zero-order chi connectivity index (χ0) is 12.3. The number of rotatable bonds is 1. The first-order chi connectivity index (χ1) is 7.92. The van der Waals surface area contributed by atoms with Gasteiger partial charge in [0.05, 0.1) is 11.0 Å². The van der Waals surface area contributed by atoms with Crippen molar-refractivity contribution in [3.63, 3.8) is 0 Å². The zero-order valence-electron chi connectivity index (χ0n) is 8.80. The average molecular weight is 241 g/mol. The van der Waals surface area contributed by atoms with E-state index in [9.17, 15) is 13.2 Å². The van der Waals surface area contributed by atoms with Gasteiger partial charge in [-0.2, -0.15) is 13.2 Å². The maximum Gasteiger partial charge on any atom is 0.401 e. The molecule has 3 rings (SSSR count). The number of nitrogen functional groups attached to an aromatic ring is 1. The van der Waals surface area contributed by atoms with Gasteiger partial charge in [-0.05, 0) is 31.0 Å². The van der Waals surface area contributed by atoms with Crippen LogP contribution in [0, 0.1) is 0 Å². The van der Waals surface area contributed by atoms with Gasteiger partial charge in [-0.3, -0.25) is 0 Å². The van der Waals surface area contributed by atoms with Gasteiger partial charge in [0, 0.05) is 5.69 Å². The molecule has 0 aliphatic heterocycles. The third kappa shape index (κ3) is 1.40. The van der Waals surface area contributed by atoms with E-state index >= 15 is 0 Å². The molecule has 0 radical (unpaired) electrons. The Morgan fingerprint density at radius 2 is 2.00 bits per heavy atom. The smallest absolute Gasteiger partial charge is 0.399 e. The highest BCUT2D eigenvalue weighted by Gasteiger charge is 2.66. The Labute approximate surface area is 94.8 Å². The van der Waals surface area contributed by atoms with E-state index in [0.29, 0.717) is 16.7 Å². The number of hydrogen-bond acceptors (Lipinski definition) is 2. The van der Waals surface area contributed by atoms with E-state index in [4.69, 9.17) is 5.73 Å². The molecule has 0 unspecified atom stereocenters. The Morgan fingerprint density at radius 1 is 1.29 bits per heavy atom. The van der Waals surface area contributed by atoms with E-state index in [1.54, 1.807) is 18.2 Å². The number of benzene rings is 1. The summed E-state index contributed by atoms with van der Waals surface area (Å²) in [5, 5.41) is 0. The van der Waals surface area contributed by atoms with Crippen molar-refractivity contribution in [3.8, 4) is 0 Å². The molecule has 0 saturated heterocycles. The fraction of sp³-hybridized carbons (Fsp3) is 0.364. The molecule has 3 N–H and O–H groups in total. The number of alkyl halides is 3. The van der Waals surface area contributed by atoms with Crippen molar-refractivity contribution in [2.45, 2.75) is 24.4 Å². The van der Waals surface area contributed by atoms with Gasteiger partial charge in [-0.25, -0.2) is 4.98 Å². The number of anilines is 1. The molecule has 3 nitrogen and oxygen atoms in total. The first kappa shape index (κ1) is 10.4. The highest BCUT2D eigenvalue weighted by atomic mass is 19.4. The number of hydrogen-bond donors (Lipinski definition) is 2. The van der Waals surface area contributed by atoms with Crippen molar-refractivity contribution >= 4 is 16.7 Å².